The number of rotatable bonds is 4. The fraction of sp³-hybridized carbons (Fsp3) is 0.125. The van der Waals surface area contributed by atoms with Crippen LogP contribution in [0.1, 0.15) is 15.9 Å². The van der Waals surface area contributed by atoms with Gasteiger partial charge in [-0.05, 0) is 23.8 Å². The van der Waals surface area contributed by atoms with Gasteiger partial charge in [0.1, 0.15) is 0 Å². The highest BCUT2D eigenvalue weighted by molar-refractivity contribution is 5.89. The van der Waals surface area contributed by atoms with E-state index in [-0.39, 0.29) is 12.2 Å². The molecule has 1 aromatic heterocycles. The lowest BCUT2D eigenvalue weighted by Crippen LogP contribution is -2.19. The van der Waals surface area contributed by atoms with Crippen molar-refractivity contribution in [2.45, 2.75) is 6.54 Å². The molecule has 2 N–H and O–H groups in total. The van der Waals surface area contributed by atoms with Gasteiger partial charge in [-0.25, -0.2) is 4.79 Å². The van der Waals surface area contributed by atoms with Crippen molar-refractivity contribution < 1.29 is 9.53 Å². The van der Waals surface area contributed by atoms with Gasteiger partial charge in [0, 0.05) is 18.0 Å². The van der Waals surface area contributed by atoms with E-state index in [1.807, 2.05) is 6.07 Å². The summed E-state index contributed by atoms with van der Waals surface area (Å²) in [6.45, 7) is 0.248. The van der Waals surface area contributed by atoms with E-state index < -0.39 is 5.97 Å². The molecule has 0 aliphatic rings. The Morgan fingerprint density at radius 2 is 2.14 bits per heavy atom. The molecular weight excluding hydrogens is 268 g/mol. The number of ether oxygens (including phenoxy) is 1. The summed E-state index contributed by atoms with van der Waals surface area (Å²) in [4.78, 5) is 23.5. The highest BCUT2D eigenvalue weighted by atomic mass is 16.5. The SMILES string of the molecule is C#CCOC(=O)c1cccc(Cn2cc(N)ccc2=O)c1. The zero-order valence-corrected chi connectivity index (χ0v) is 11.3. The molecule has 0 aliphatic heterocycles. The molecule has 2 rings (SSSR count). The first-order chi connectivity index (χ1) is 10.1. The van der Waals surface area contributed by atoms with Gasteiger partial charge in [0.15, 0.2) is 6.61 Å². The van der Waals surface area contributed by atoms with Crippen LogP contribution in [0.2, 0.25) is 0 Å². The zero-order chi connectivity index (χ0) is 15.2. The molecule has 106 valence electrons. The second kappa shape index (κ2) is 6.44. The maximum atomic E-state index is 11.7. The first-order valence-electron chi connectivity index (χ1n) is 6.25. The summed E-state index contributed by atoms with van der Waals surface area (Å²) in [5, 5.41) is 0. The molecule has 5 nitrogen and oxygen atoms in total. The molecule has 0 unspecified atom stereocenters. The molecule has 21 heavy (non-hydrogen) atoms. The number of hydrogen-bond acceptors (Lipinski definition) is 4. The molecule has 0 amide bonds. The maximum absolute atomic E-state index is 11.7. The van der Waals surface area contributed by atoms with Gasteiger partial charge >= 0.3 is 5.97 Å². The molecule has 5 heteroatoms. The number of nitrogens with two attached hydrogens (primary N) is 1. The summed E-state index contributed by atoms with van der Waals surface area (Å²) in [5.74, 6) is 1.74. The van der Waals surface area contributed by atoms with Crippen LogP contribution >= 0.6 is 0 Å². The van der Waals surface area contributed by atoms with Crippen molar-refractivity contribution in [1.82, 2.24) is 4.57 Å². The van der Waals surface area contributed by atoms with Crippen LogP contribution in [0.3, 0.4) is 0 Å². The van der Waals surface area contributed by atoms with E-state index in [9.17, 15) is 9.59 Å². The van der Waals surface area contributed by atoms with Gasteiger partial charge in [0.25, 0.3) is 5.56 Å². The monoisotopic (exact) mass is 282 g/mol. The van der Waals surface area contributed by atoms with E-state index in [0.717, 1.165) is 5.56 Å². The van der Waals surface area contributed by atoms with Crippen molar-refractivity contribution >= 4 is 11.7 Å². The third-order valence-corrected chi connectivity index (χ3v) is 2.81. The second-order valence-electron chi connectivity index (χ2n) is 4.41. The zero-order valence-electron chi connectivity index (χ0n) is 11.3. The molecule has 0 radical (unpaired) electrons. The van der Waals surface area contributed by atoms with Crippen molar-refractivity contribution in [2.24, 2.45) is 0 Å². The average molecular weight is 282 g/mol. The fourth-order valence-electron chi connectivity index (χ4n) is 1.86. The van der Waals surface area contributed by atoms with Crippen molar-refractivity contribution in [3.05, 3.63) is 64.1 Å². The Morgan fingerprint density at radius 3 is 2.90 bits per heavy atom. The Kier molecular flexibility index (Phi) is 4.42. The van der Waals surface area contributed by atoms with E-state index >= 15 is 0 Å². The lowest BCUT2D eigenvalue weighted by molar-refractivity contribution is 0.0556. The van der Waals surface area contributed by atoms with Gasteiger partial charge in [-0.3, -0.25) is 4.79 Å². The Labute approximate surface area is 122 Å². The predicted molar refractivity (Wildman–Crippen MR) is 79.8 cm³/mol. The highest BCUT2D eigenvalue weighted by Crippen LogP contribution is 2.09. The molecule has 0 spiro atoms. The lowest BCUT2D eigenvalue weighted by Gasteiger charge is -2.08. The number of benzene rings is 1. The van der Waals surface area contributed by atoms with Crippen LogP contribution in [0.4, 0.5) is 5.69 Å². The number of hydrogen-bond donors (Lipinski definition) is 1. The minimum absolute atomic E-state index is 0.0717. The van der Waals surface area contributed by atoms with Crippen molar-refractivity contribution in [3.63, 3.8) is 0 Å². The number of carbonyl (C=O) groups excluding carboxylic acids is 1. The smallest absolute Gasteiger partial charge is 0.339 e. The van der Waals surface area contributed by atoms with E-state index in [4.69, 9.17) is 16.9 Å². The number of aromatic nitrogens is 1. The molecule has 1 heterocycles. The summed E-state index contributed by atoms with van der Waals surface area (Å²) >= 11 is 0. The highest BCUT2D eigenvalue weighted by Gasteiger charge is 2.07. The fourth-order valence-corrected chi connectivity index (χ4v) is 1.86. The van der Waals surface area contributed by atoms with Gasteiger partial charge in [-0.15, -0.1) is 6.42 Å². The average Bonchev–Trinajstić information content (AvgIpc) is 2.49. The number of nitrogen functional groups attached to an aromatic ring is 1. The summed E-state index contributed by atoms with van der Waals surface area (Å²) in [5.41, 5.74) is 7.18. The Balaban J connectivity index is 2.22. The van der Waals surface area contributed by atoms with Gasteiger partial charge in [-0.2, -0.15) is 0 Å². The van der Waals surface area contributed by atoms with E-state index in [1.165, 1.54) is 10.6 Å². The Bertz CT molecular complexity index is 757. The van der Waals surface area contributed by atoms with Crippen molar-refractivity contribution in [1.29, 1.82) is 0 Å². The number of nitrogens with zero attached hydrogens (tertiary/aromatic N) is 1. The van der Waals surface area contributed by atoms with Crippen LogP contribution < -0.4 is 11.3 Å². The van der Waals surface area contributed by atoms with E-state index in [0.29, 0.717) is 17.8 Å². The van der Waals surface area contributed by atoms with Crippen molar-refractivity contribution in [2.75, 3.05) is 12.3 Å². The lowest BCUT2D eigenvalue weighted by atomic mass is 10.1. The van der Waals surface area contributed by atoms with E-state index in [2.05, 4.69) is 5.92 Å². The van der Waals surface area contributed by atoms with Gasteiger partial charge in [0.2, 0.25) is 0 Å². The molecule has 0 aliphatic carbocycles. The number of anilines is 1. The maximum Gasteiger partial charge on any atom is 0.339 e. The molecule has 0 saturated carbocycles. The summed E-state index contributed by atoms with van der Waals surface area (Å²) in [6, 6.07) is 9.78. The summed E-state index contributed by atoms with van der Waals surface area (Å²) in [6.07, 6.45) is 6.60. The third-order valence-electron chi connectivity index (χ3n) is 2.81. The standard InChI is InChI=1S/C16H14N2O3/c1-2-8-21-16(20)13-5-3-4-12(9-13)10-18-11-14(17)6-7-15(18)19/h1,3-7,9,11H,8,10,17H2. The van der Waals surface area contributed by atoms with Gasteiger partial charge < -0.3 is 15.0 Å². The number of esters is 1. The molecule has 0 atom stereocenters. The van der Waals surface area contributed by atoms with Gasteiger partial charge in [0.05, 0.1) is 12.1 Å². The normalized spacial score (nSPS) is 9.86. The Hall–Kier alpha value is -3.00. The molecule has 0 bridgehead atoms. The van der Waals surface area contributed by atoms with Crippen LogP contribution in [0, 0.1) is 12.3 Å². The molecular formula is C16H14N2O3. The molecule has 2 aromatic rings. The molecule has 1 aromatic carbocycles. The number of pyridine rings is 1. The second-order valence-corrected chi connectivity index (χ2v) is 4.41. The molecule has 0 saturated heterocycles. The summed E-state index contributed by atoms with van der Waals surface area (Å²) < 4.78 is 6.34. The van der Waals surface area contributed by atoms with Crippen LogP contribution in [-0.4, -0.2) is 17.1 Å². The van der Waals surface area contributed by atoms with Gasteiger partial charge in [-0.1, -0.05) is 18.1 Å². The first-order valence-corrected chi connectivity index (χ1v) is 6.25. The van der Waals surface area contributed by atoms with E-state index in [1.54, 1.807) is 30.5 Å². The van der Waals surface area contributed by atoms with Crippen LogP contribution in [0.25, 0.3) is 0 Å². The topological polar surface area (TPSA) is 74.3 Å². The number of carbonyl (C=O) groups is 1. The molecule has 0 fully saturated rings. The Morgan fingerprint density at radius 1 is 1.33 bits per heavy atom. The predicted octanol–water partition coefficient (Wildman–Crippen LogP) is 1.27. The van der Waals surface area contributed by atoms with Crippen LogP contribution in [0.15, 0.2) is 47.4 Å². The van der Waals surface area contributed by atoms with Crippen LogP contribution in [-0.2, 0) is 11.3 Å². The largest absolute Gasteiger partial charge is 0.449 e. The first kappa shape index (κ1) is 14.4. The minimum atomic E-state index is -0.491. The van der Waals surface area contributed by atoms with Crippen LogP contribution in [0.5, 0.6) is 0 Å². The minimum Gasteiger partial charge on any atom is -0.449 e. The quantitative estimate of drug-likeness (QED) is 0.677. The van der Waals surface area contributed by atoms with Crippen molar-refractivity contribution in [3.8, 4) is 12.3 Å². The number of terminal acetylenes is 1. The summed E-state index contributed by atoms with van der Waals surface area (Å²) in [7, 11) is 0. The third kappa shape index (κ3) is 3.74.